The van der Waals surface area contributed by atoms with E-state index >= 15 is 0 Å². The van der Waals surface area contributed by atoms with Crippen molar-refractivity contribution >= 4 is 20.2 Å². The van der Waals surface area contributed by atoms with Crippen molar-refractivity contribution in [2.24, 2.45) is 0 Å². The highest BCUT2D eigenvalue weighted by Crippen LogP contribution is 2.15. The Morgan fingerprint density at radius 2 is 1.03 bits per heavy atom. The fourth-order valence-corrected chi connectivity index (χ4v) is 5.01. The van der Waals surface area contributed by atoms with Gasteiger partial charge in [-0.15, -0.1) is 0 Å². The standard InChI is InChI=1S/C25H29NO6S2/c1-21-8-12-24(13-9-21)33(27,28)31-18-16-26(20-23-6-4-3-5-7-23)17-19-32-34(29,30)25-14-10-22(2)11-15-25/h3-15H,16-20H2,1-2H3. The SMILES string of the molecule is Cc1ccc(S(=O)(=O)OCCN(CCOS(=O)(=O)c2ccc(C)cc2)Cc2ccccc2)cc1. The Bertz CT molecular complexity index is 1180. The van der Waals surface area contributed by atoms with Crippen LogP contribution in [0.15, 0.2) is 88.7 Å². The van der Waals surface area contributed by atoms with Crippen LogP contribution in [0.5, 0.6) is 0 Å². The third-order valence-corrected chi connectivity index (χ3v) is 7.81. The third kappa shape index (κ3) is 7.75. The Labute approximate surface area is 202 Å². The summed E-state index contributed by atoms with van der Waals surface area (Å²) >= 11 is 0. The highest BCUT2D eigenvalue weighted by molar-refractivity contribution is 7.87. The van der Waals surface area contributed by atoms with Crippen molar-refractivity contribution < 1.29 is 25.2 Å². The maximum absolute atomic E-state index is 12.5. The van der Waals surface area contributed by atoms with Gasteiger partial charge in [-0.2, -0.15) is 16.8 Å². The molecule has 0 amide bonds. The molecule has 0 fully saturated rings. The molecular formula is C25H29NO6S2. The number of hydrogen-bond donors (Lipinski definition) is 0. The molecule has 0 heterocycles. The normalized spacial score (nSPS) is 12.2. The van der Waals surface area contributed by atoms with E-state index in [1.807, 2.05) is 49.1 Å². The van der Waals surface area contributed by atoms with Crippen molar-refractivity contribution in [3.8, 4) is 0 Å². The molecule has 0 unspecified atom stereocenters. The van der Waals surface area contributed by atoms with Gasteiger partial charge in [-0.05, 0) is 43.7 Å². The Hall–Kier alpha value is -2.56. The molecule has 0 aliphatic rings. The van der Waals surface area contributed by atoms with E-state index in [1.165, 1.54) is 24.3 Å². The number of hydrogen-bond acceptors (Lipinski definition) is 7. The molecule has 0 spiro atoms. The van der Waals surface area contributed by atoms with E-state index < -0.39 is 20.2 Å². The fraction of sp³-hybridized carbons (Fsp3) is 0.280. The molecule has 0 atom stereocenters. The van der Waals surface area contributed by atoms with E-state index in [2.05, 4.69) is 0 Å². The molecular weight excluding hydrogens is 474 g/mol. The van der Waals surface area contributed by atoms with Crippen LogP contribution < -0.4 is 0 Å². The smallest absolute Gasteiger partial charge is 0.294 e. The third-order valence-electron chi connectivity index (χ3n) is 5.16. The summed E-state index contributed by atoms with van der Waals surface area (Å²) in [5, 5.41) is 0. The van der Waals surface area contributed by atoms with E-state index in [4.69, 9.17) is 8.37 Å². The van der Waals surface area contributed by atoms with Gasteiger partial charge in [-0.3, -0.25) is 13.3 Å². The first-order chi connectivity index (χ1) is 16.2. The first kappa shape index (κ1) is 26.1. The van der Waals surface area contributed by atoms with Gasteiger partial charge < -0.3 is 0 Å². The van der Waals surface area contributed by atoms with Crippen LogP contribution in [0.3, 0.4) is 0 Å². The summed E-state index contributed by atoms with van der Waals surface area (Å²) in [6.07, 6.45) is 0. The predicted octanol–water partition coefficient (Wildman–Crippen LogP) is 3.92. The molecule has 7 nitrogen and oxygen atoms in total. The molecule has 3 rings (SSSR count). The Morgan fingerprint density at radius 3 is 1.44 bits per heavy atom. The van der Waals surface area contributed by atoms with Crippen LogP contribution in [0.25, 0.3) is 0 Å². The monoisotopic (exact) mass is 503 g/mol. The molecule has 34 heavy (non-hydrogen) atoms. The summed E-state index contributed by atoms with van der Waals surface area (Å²) in [7, 11) is -7.77. The van der Waals surface area contributed by atoms with E-state index in [9.17, 15) is 16.8 Å². The Kier molecular flexibility index (Phi) is 8.98. The molecule has 3 aromatic rings. The second-order valence-corrected chi connectivity index (χ2v) is 11.2. The first-order valence-electron chi connectivity index (χ1n) is 10.8. The van der Waals surface area contributed by atoms with Crippen LogP contribution in [0.4, 0.5) is 0 Å². The minimum absolute atomic E-state index is 0.0756. The predicted molar refractivity (Wildman–Crippen MR) is 130 cm³/mol. The van der Waals surface area contributed by atoms with Crippen molar-refractivity contribution in [2.75, 3.05) is 26.3 Å². The van der Waals surface area contributed by atoms with Crippen LogP contribution in [-0.2, 0) is 35.1 Å². The van der Waals surface area contributed by atoms with E-state index in [-0.39, 0.29) is 36.1 Å². The zero-order valence-electron chi connectivity index (χ0n) is 19.3. The summed E-state index contributed by atoms with van der Waals surface area (Å²) in [4.78, 5) is 2.09. The summed E-state index contributed by atoms with van der Waals surface area (Å²) in [6.45, 7) is 4.63. The summed E-state index contributed by atoms with van der Waals surface area (Å²) < 4.78 is 60.3. The molecule has 0 N–H and O–H groups in total. The van der Waals surface area contributed by atoms with Crippen LogP contribution >= 0.6 is 0 Å². The highest BCUT2D eigenvalue weighted by atomic mass is 32.2. The molecule has 0 bridgehead atoms. The molecule has 0 saturated carbocycles. The van der Waals surface area contributed by atoms with Crippen molar-refractivity contribution in [1.82, 2.24) is 4.90 Å². The molecule has 9 heteroatoms. The largest absolute Gasteiger partial charge is 0.297 e. The van der Waals surface area contributed by atoms with E-state index in [0.29, 0.717) is 6.54 Å². The van der Waals surface area contributed by atoms with Crippen molar-refractivity contribution in [1.29, 1.82) is 0 Å². The van der Waals surface area contributed by atoms with Gasteiger partial charge in [-0.1, -0.05) is 65.7 Å². The number of benzene rings is 3. The zero-order valence-corrected chi connectivity index (χ0v) is 20.9. The molecule has 0 saturated heterocycles. The maximum atomic E-state index is 12.5. The van der Waals surface area contributed by atoms with Crippen molar-refractivity contribution in [3.05, 3.63) is 95.6 Å². The summed E-state index contributed by atoms with van der Waals surface area (Å²) in [5.41, 5.74) is 2.91. The van der Waals surface area contributed by atoms with Crippen molar-refractivity contribution in [2.45, 2.75) is 30.2 Å². The van der Waals surface area contributed by atoms with Gasteiger partial charge in [0.25, 0.3) is 20.2 Å². The lowest BCUT2D eigenvalue weighted by Gasteiger charge is -2.22. The van der Waals surface area contributed by atoms with Crippen LogP contribution in [-0.4, -0.2) is 48.0 Å². The Morgan fingerprint density at radius 1 is 0.618 bits per heavy atom. The quantitative estimate of drug-likeness (QED) is 0.346. The minimum Gasteiger partial charge on any atom is -0.294 e. The summed E-state index contributed by atoms with van der Waals surface area (Å²) in [6, 6.07) is 22.5. The Balaban J connectivity index is 1.60. The molecule has 0 radical (unpaired) electrons. The second-order valence-electron chi connectivity index (χ2n) is 7.94. The first-order valence-corrected chi connectivity index (χ1v) is 13.7. The van der Waals surface area contributed by atoms with Gasteiger partial charge in [0.05, 0.1) is 23.0 Å². The second kappa shape index (κ2) is 11.7. The number of nitrogens with zero attached hydrogens (tertiary/aromatic N) is 1. The van der Waals surface area contributed by atoms with Gasteiger partial charge in [0.15, 0.2) is 0 Å². The van der Waals surface area contributed by atoms with Gasteiger partial charge in [0.1, 0.15) is 0 Å². The molecule has 0 aliphatic heterocycles. The average molecular weight is 504 g/mol. The minimum atomic E-state index is -3.88. The van der Waals surface area contributed by atoms with Crippen LogP contribution in [0.1, 0.15) is 16.7 Å². The lowest BCUT2D eigenvalue weighted by molar-refractivity contribution is 0.175. The maximum Gasteiger partial charge on any atom is 0.297 e. The molecule has 0 aliphatic carbocycles. The zero-order chi connectivity index (χ0) is 24.6. The highest BCUT2D eigenvalue weighted by Gasteiger charge is 2.18. The van der Waals surface area contributed by atoms with Crippen LogP contribution in [0.2, 0.25) is 0 Å². The van der Waals surface area contributed by atoms with E-state index in [0.717, 1.165) is 16.7 Å². The average Bonchev–Trinajstić information content (AvgIpc) is 2.80. The number of rotatable bonds is 12. The van der Waals surface area contributed by atoms with Gasteiger partial charge in [-0.25, -0.2) is 0 Å². The van der Waals surface area contributed by atoms with Gasteiger partial charge in [0, 0.05) is 19.6 Å². The fourth-order valence-electron chi connectivity index (χ4n) is 3.21. The molecule has 182 valence electrons. The van der Waals surface area contributed by atoms with Gasteiger partial charge >= 0.3 is 0 Å². The van der Waals surface area contributed by atoms with Gasteiger partial charge in [0.2, 0.25) is 0 Å². The molecule has 3 aromatic carbocycles. The van der Waals surface area contributed by atoms with Crippen molar-refractivity contribution in [3.63, 3.8) is 0 Å². The summed E-state index contributed by atoms with van der Waals surface area (Å²) in [5.74, 6) is 0. The van der Waals surface area contributed by atoms with E-state index in [1.54, 1.807) is 24.3 Å². The number of aryl methyl sites for hydroxylation is 2. The topological polar surface area (TPSA) is 90.0 Å². The lowest BCUT2D eigenvalue weighted by atomic mass is 10.2. The van der Waals surface area contributed by atoms with Crippen LogP contribution in [0, 0.1) is 13.8 Å². The lowest BCUT2D eigenvalue weighted by Crippen LogP contribution is -2.32. The molecule has 0 aromatic heterocycles.